The molecule has 0 aromatic rings. The zero-order valence-corrected chi connectivity index (χ0v) is 8.45. The van der Waals surface area contributed by atoms with E-state index in [4.69, 9.17) is 0 Å². The Morgan fingerprint density at radius 1 is 1.46 bits per heavy atom. The van der Waals surface area contributed by atoms with Gasteiger partial charge in [0.2, 0.25) is 5.67 Å². The van der Waals surface area contributed by atoms with Crippen LogP contribution in [0.1, 0.15) is 19.3 Å². The number of esters is 1. The van der Waals surface area contributed by atoms with Crippen molar-refractivity contribution in [1.29, 1.82) is 0 Å². The number of ether oxygens (including phenoxy) is 1. The van der Waals surface area contributed by atoms with Crippen LogP contribution in [0.25, 0.3) is 0 Å². The molecule has 0 amide bonds. The molecule has 1 heterocycles. The number of halogens is 2. The van der Waals surface area contributed by atoms with Gasteiger partial charge in [0.25, 0.3) is 0 Å². The number of nitrogens with one attached hydrogen (secondary N) is 1. The topological polar surface area (TPSA) is 38.3 Å². The number of alkyl halides is 1. The molecule has 1 aliphatic rings. The summed E-state index contributed by atoms with van der Waals surface area (Å²) in [5.41, 5.74) is -1.75. The van der Waals surface area contributed by atoms with Crippen LogP contribution < -0.4 is 5.32 Å². The Balaban J connectivity index is 0.00000144. The van der Waals surface area contributed by atoms with Crippen LogP contribution >= 0.6 is 12.4 Å². The molecule has 0 aliphatic carbocycles. The van der Waals surface area contributed by atoms with Gasteiger partial charge in [-0.1, -0.05) is 0 Å². The molecule has 1 aliphatic heterocycles. The molecule has 1 saturated heterocycles. The van der Waals surface area contributed by atoms with Crippen LogP contribution in [0.3, 0.4) is 0 Å². The van der Waals surface area contributed by atoms with E-state index in [1.54, 1.807) is 0 Å². The molecule has 0 bridgehead atoms. The average Bonchev–Trinajstić information content (AvgIpc) is 2.29. The van der Waals surface area contributed by atoms with E-state index in [0.29, 0.717) is 13.0 Å². The number of methoxy groups -OCH3 is 1. The molecule has 0 aromatic carbocycles. The Hall–Kier alpha value is -0.350. The molecule has 0 saturated carbocycles. The lowest BCUT2D eigenvalue weighted by atomic mass is 9.97. The third-order valence-corrected chi connectivity index (χ3v) is 2.18. The quantitative estimate of drug-likeness (QED) is 0.660. The summed E-state index contributed by atoms with van der Waals surface area (Å²) in [6.07, 6.45) is 1.18. The first kappa shape index (κ1) is 12.7. The Morgan fingerprint density at radius 2 is 2.15 bits per heavy atom. The van der Waals surface area contributed by atoms with Crippen molar-refractivity contribution in [3.8, 4) is 0 Å². The van der Waals surface area contributed by atoms with E-state index in [2.05, 4.69) is 10.1 Å². The van der Waals surface area contributed by atoms with E-state index in [1.807, 2.05) is 0 Å². The Labute approximate surface area is 83.4 Å². The predicted molar refractivity (Wildman–Crippen MR) is 49.8 cm³/mol. The van der Waals surface area contributed by atoms with E-state index < -0.39 is 11.6 Å². The van der Waals surface area contributed by atoms with Gasteiger partial charge in [-0.15, -0.1) is 12.4 Å². The minimum Gasteiger partial charge on any atom is -0.467 e. The molecular weight excluding hydrogens is 197 g/mol. The van der Waals surface area contributed by atoms with Crippen molar-refractivity contribution in [2.75, 3.05) is 20.2 Å². The average molecular weight is 212 g/mol. The second kappa shape index (κ2) is 5.40. The summed E-state index contributed by atoms with van der Waals surface area (Å²) in [6, 6.07) is 0. The fraction of sp³-hybridized carbons (Fsp3) is 0.875. The summed E-state index contributed by atoms with van der Waals surface area (Å²) >= 11 is 0. The normalized spacial score (nSPS) is 28.5. The van der Waals surface area contributed by atoms with Gasteiger partial charge < -0.3 is 10.1 Å². The smallest absolute Gasteiger partial charge is 0.343 e. The number of carbonyl (C=O) groups is 1. The maximum Gasteiger partial charge on any atom is 0.343 e. The molecule has 0 radical (unpaired) electrons. The molecule has 1 atom stereocenters. The number of hydrogen-bond acceptors (Lipinski definition) is 3. The first-order valence-electron chi connectivity index (χ1n) is 4.17. The molecule has 0 aromatic heterocycles. The van der Waals surface area contributed by atoms with Gasteiger partial charge >= 0.3 is 5.97 Å². The highest BCUT2D eigenvalue weighted by Crippen LogP contribution is 2.25. The van der Waals surface area contributed by atoms with E-state index in [0.717, 1.165) is 6.54 Å². The number of hydrogen-bond donors (Lipinski definition) is 1. The van der Waals surface area contributed by atoms with Crippen LogP contribution in [0.2, 0.25) is 0 Å². The van der Waals surface area contributed by atoms with E-state index in [1.165, 1.54) is 7.11 Å². The summed E-state index contributed by atoms with van der Waals surface area (Å²) in [6.45, 7) is 1.33. The van der Waals surface area contributed by atoms with Crippen molar-refractivity contribution < 1.29 is 13.9 Å². The maximum absolute atomic E-state index is 13.7. The van der Waals surface area contributed by atoms with Gasteiger partial charge in [0, 0.05) is 6.42 Å². The summed E-state index contributed by atoms with van der Waals surface area (Å²) in [5.74, 6) is -0.730. The van der Waals surface area contributed by atoms with Crippen LogP contribution in [-0.4, -0.2) is 31.8 Å². The minimum absolute atomic E-state index is 0. The lowest BCUT2D eigenvalue weighted by molar-refractivity contribution is -0.155. The predicted octanol–water partition coefficient (Wildman–Crippen LogP) is 1.06. The van der Waals surface area contributed by atoms with Crippen molar-refractivity contribution >= 4 is 18.4 Å². The van der Waals surface area contributed by atoms with Gasteiger partial charge in [0.15, 0.2) is 0 Å². The van der Waals surface area contributed by atoms with Gasteiger partial charge in [-0.2, -0.15) is 0 Å². The van der Waals surface area contributed by atoms with Gasteiger partial charge in [-0.05, 0) is 25.9 Å². The van der Waals surface area contributed by atoms with E-state index in [9.17, 15) is 9.18 Å². The second-order valence-corrected chi connectivity index (χ2v) is 3.06. The maximum atomic E-state index is 13.7. The SMILES string of the molecule is COC(=O)[C@@]1(F)CCCNCC1.Cl. The molecule has 13 heavy (non-hydrogen) atoms. The fourth-order valence-electron chi connectivity index (χ4n) is 1.42. The molecule has 1 fully saturated rings. The molecule has 1 rings (SSSR count). The Morgan fingerprint density at radius 3 is 2.77 bits per heavy atom. The van der Waals surface area contributed by atoms with Crippen LogP contribution in [0.15, 0.2) is 0 Å². The third kappa shape index (κ3) is 3.12. The van der Waals surface area contributed by atoms with Crippen LogP contribution in [-0.2, 0) is 9.53 Å². The van der Waals surface area contributed by atoms with Crippen LogP contribution in [0.4, 0.5) is 4.39 Å². The summed E-state index contributed by atoms with van der Waals surface area (Å²) < 4.78 is 18.1. The van der Waals surface area contributed by atoms with Gasteiger partial charge in [0.05, 0.1) is 7.11 Å². The first-order chi connectivity index (χ1) is 5.69. The Kier molecular flexibility index (Phi) is 5.25. The molecular formula is C8H15ClFNO2. The number of rotatable bonds is 1. The zero-order valence-electron chi connectivity index (χ0n) is 7.64. The third-order valence-electron chi connectivity index (χ3n) is 2.18. The van der Waals surface area contributed by atoms with Crippen molar-refractivity contribution in [3.05, 3.63) is 0 Å². The molecule has 5 heteroatoms. The molecule has 0 spiro atoms. The van der Waals surface area contributed by atoms with Crippen LogP contribution in [0.5, 0.6) is 0 Å². The van der Waals surface area contributed by atoms with Crippen molar-refractivity contribution in [3.63, 3.8) is 0 Å². The van der Waals surface area contributed by atoms with Crippen molar-refractivity contribution in [1.82, 2.24) is 5.32 Å². The first-order valence-corrected chi connectivity index (χ1v) is 4.17. The lowest BCUT2D eigenvalue weighted by Gasteiger charge is -2.19. The molecule has 78 valence electrons. The summed E-state index contributed by atoms with van der Waals surface area (Å²) in [5, 5.41) is 3.03. The Bertz CT molecular complexity index is 170. The van der Waals surface area contributed by atoms with Gasteiger partial charge in [-0.25, -0.2) is 9.18 Å². The molecule has 0 unspecified atom stereocenters. The standard InChI is InChI=1S/C8H14FNO2.ClH/c1-12-7(11)8(9)3-2-5-10-6-4-8;/h10H,2-6H2,1H3;1H/t8-;/m1./s1. The van der Waals surface area contributed by atoms with Crippen molar-refractivity contribution in [2.45, 2.75) is 24.9 Å². The highest BCUT2D eigenvalue weighted by atomic mass is 35.5. The number of carbonyl (C=O) groups excluding carboxylic acids is 1. The highest BCUT2D eigenvalue weighted by molar-refractivity contribution is 5.85. The van der Waals surface area contributed by atoms with Gasteiger partial charge in [-0.3, -0.25) is 0 Å². The van der Waals surface area contributed by atoms with E-state index >= 15 is 0 Å². The molecule has 1 N–H and O–H groups in total. The summed E-state index contributed by atoms with van der Waals surface area (Å²) in [7, 11) is 1.22. The zero-order chi connectivity index (χ0) is 9.03. The minimum atomic E-state index is -1.75. The second-order valence-electron chi connectivity index (χ2n) is 3.06. The van der Waals surface area contributed by atoms with Gasteiger partial charge in [0.1, 0.15) is 0 Å². The van der Waals surface area contributed by atoms with Crippen molar-refractivity contribution in [2.24, 2.45) is 0 Å². The van der Waals surface area contributed by atoms with E-state index in [-0.39, 0.29) is 25.2 Å². The monoisotopic (exact) mass is 211 g/mol. The van der Waals surface area contributed by atoms with Crippen LogP contribution in [0, 0.1) is 0 Å². The fourth-order valence-corrected chi connectivity index (χ4v) is 1.42. The highest BCUT2D eigenvalue weighted by Gasteiger charge is 2.39. The summed E-state index contributed by atoms with van der Waals surface area (Å²) in [4.78, 5) is 11.0. The molecule has 3 nitrogen and oxygen atoms in total. The lowest BCUT2D eigenvalue weighted by Crippen LogP contribution is -2.35. The largest absolute Gasteiger partial charge is 0.467 e.